The number of amides is 1. The van der Waals surface area contributed by atoms with Crippen molar-refractivity contribution in [3.05, 3.63) is 45.8 Å². The third-order valence-corrected chi connectivity index (χ3v) is 3.47. The lowest BCUT2D eigenvalue weighted by Gasteiger charge is -2.06. The second-order valence-corrected chi connectivity index (χ2v) is 5.06. The Labute approximate surface area is 127 Å². The molecule has 2 aromatic rings. The Balaban J connectivity index is 1.96. The maximum atomic E-state index is 11.9. The first kappa shape index (κ1) is 15.1. The van der Waals surface area contributed by atoms with Gasteiger partial charge in [-0.15, -0.1) is 0 Å². The average molecular weight is 304 g/mol. The number of rotatable bonds is 4. The lowest BCUT2D eigenvalue weighted by molar-refractivity contribution is -0.116. The highest BCUT2D eigenvalue weighted by Crippen LogP contribution is 2.20. The molecule has 1 aromatic heterocycles. The first-order valence-corrected chi connectivity index (χ1v) is 6.80. The monoisotopic (exact) mass is 303 g/mol. The zero-order valence-corrected chi connectivity index (χ0v) is 12.5. The van der Waals surface area contributed by atoms with E-state index in [9.17, 15) is 4.79 Å². The molecule has 5 nitrogen and oxygen atoms in total. The van der Waals surface area contributed by atoms with Gasteiger partial charge in [0.2, 0.25) is 5.91 Å². The highest BCUT2D eigenvalue weighted by atomic mass is 35.5. The van der Waals surface area contributed by atoms with Crippen molar-refractivity contribution in [3.63, 3.8) is 0 Å². The van der Waals surface area contributed by atoms with E-state index in [4.69, 9.17) is 21.4 Å². The number of aromatic nitrogens is 1. The van der Waals surface area contributed by atoms with E-state index in [2.05, 4.69) is 10.5 Å². The normalized spacial score (nSPS) is 10.2. The molecular formula is C15H14ClN3O2. The van der Waals surface area contributed by atoms with E-state index in [1.54, 1.807) is 18.2 Å². The number of nitriles is 1. The summed E-state index contributed by atoms with van der Waals surface area (Å²) >= 11 is 5.92. The van der Waals surface area contributed by atoms with E-state index in [0.717, 1.165) is 17.0 Å². The zero-order chi connectivity index (χ0) is 15.4. The van der Waals surface area contributed by atoms with Gasteiger partial charge in [0.15, 0.2) is 0 Å². The van der Waals surface area contributed by atoms with Crippen LogP contribution in [0.5, 0.6) is 0 Å². The van der Waals surface area contributed by atoms with Crippen LogP contribution in [-0.2, 0) is 11.2 Å². The third-order valence-electron chi connectivity index (χ3n) is 3.16. The van der Waals surface area contributed by atoms with Gasteiger partial charge in [0.1, 0.15) is 11.8 Å². The number of hydrogen-bond donors (Lipinski definition) is 1. The first-order chi connectivity index (χ1) is 10.0. The summed E-state index contributed by atoms with van der Waals surface area (Å²) in [5.41, 5.74) is 2.72. The maximum absolute atomic E-state index is 11.9. The molecule has 0 aliphatic heterocycles. The number of hydrogen-bond acceptors (Lipinski definition) is 4. The lowest BCUT2D eigenvalue weighted by atomic mass is 10.1. The Hall–Kier alpha value is -2.32. The van der Waals surface area contributed by atoms with Crippen LogP contribution < -0.4 is 5.32 Å². The number of halogens is 1. The van der Waals surface area contributed by atoms with Gasteiger partial charge in [-0.25, -0.2) is 0 Å². The topological polar surface area (TPSA) is 78.9 Å². The summed E-state index contributed by atoms with van der Waals surface area (Å²) in [6, 6.07) is 6.76. The van der Waals surface area contributed by atoms with Gasteiger partial charge in [-0.1, -0.05) is 16.8 Å². The fourth-order valence-electron chi connectivity index (χ4n) is 2.00. The minimum absolute atomic E-state index is 0.129. The molecule has 0 bridgehead atoms. The molecule has 0 aliphatic rings. The molecule has 0 fully saturated rings. The highest BCUT2D eigenvalue weighted by molar-refractivity contribution is 6.32. The first-order valence-electron chi connectivity index (χ1n) is 6.42. The number of carbonyl (C=O) groups is 1. The van der Waals surface area contributed by atoms with Crippen molar-refractivity contribution in [2.24, 2.45) is 0 Å². The summed E-state index contributed by atoms with van der Waals surface area (Å²) in [6.45, 7) is 3.68. The van der Waals surface area contributed by atoms with E-state index in [-0.39, 0.29) is 5.91 Å². The fourth-order valence-corrected chi connectivity index (χ4v) is 2.23. The summed E-state index contributed by atoms with van der Waals surface area (Å²) in [5, 5.41) is 15.7. The van der Waals surface area contributed by atoms with Crippen LogP contribution in [0, 0.1) is 25.2 Å². The van der Waals surface area contributed by atoms with Crippen molar-refractivity contribution < 1.29 is 9.32 Å². The Morgan fingerprint density at radius 2 is 2.24 bits per heavy atom. The number of anilines is 1. The molecule has 6 heteroatoms. The van der Waals surface area contributed by atoms with Gasteiger partial charge >= 0.3 is 0 Å². The van der Waals surface area contributed by atoms with Crippen LogP contribution in [0.4, 0.5) is 5.69 Å². The molecule has 2 rings (SSSR count). The molecule has 1 heterocycles. The summed E-state index contributed by atoms with van der Waals surface area (Å²) in [7, 11) is 0. The van der Waals surface area contributed by atoms with Gasteiger partial charge in [-0.3, -0.25) is 4.79 Å². The number of nitrogens with zero attached hydrogens (tertiary/aromatic N) is 2. The molecule has 0 radical (unpaired) electrons. The van der Waals surface area contributed by atoms with Gasteiger partial charge in [0, 0.05) is 17.7 Å². The molecule has 1 aromatic carbocycles. The Morgan fingerprint density at radius 1 is 1.48 bits per heavy atom. The summed E-state index contributed by atoms with van der Waals surface area (Å²) in [5.74, 6) is 0.609. The van der Waals surface area contributed by atoms with Crippen LogP contribution in [0.1, 0.15) is 29.0 Å². The summed E-state index contributed by atoms with van der Waals surface area (Å²) < 4.78 is 5.06. The molecule has 1 amide bonds. The van der Waals surface area contributed by atoms with Gasteiger partial charge in [0.25, 0.3) is 0 Å². The molecule has 21 heavy (non-hydrogen) atoms. The van der Waals surface area contributed by atoms with Crippen molar-refractivity contribution in [3.8, 4) is 6.07 Å². The quantitative estimate of drug-likeness (QED) is 0.939. The standard InChI is InChI=1S/C15H14ClN3O2/c1-9-13(10(2)21-19-9)5-6-15(20)18-12-4-3-11(8-17)14(16)7-12/h3-4,7H,5-6H2,1-2H3,(H,18,20). The van der Waals surface area contributed by atoms with Crippen molar-refractivity contribution in [2.75, 3.05) is 5.32 Å². The zero-order valence-electron chi connectivity index (χ0n) is 11.7. The summed E-state index contributed by atoms with van der Waals surface area (Å²) in [6.07, 6.45) is 0.886. The minimum Gasteiger partial charge on any atom is -0.361 e. The Kier molecular flexibility index (Phi) is 4.61. The van der Waals surface area contributed by atoms with E-state index in [1.165, 1.54) is 0 Å². The molecule has 0 saturated heterocycles. The maximum Gasteiger partial charge on any atom is 0.224 e. The van der Waals surface area contributed by atoms with E-state index >= 15 is 0 Å². The van der Waals surface area contributed by atoms with Gasteiger partial charge in [-0.2, -0.15) is 5.26 Å². The third kappa shape index (κ3) is 3.61. The Morgan fingerprint density at radius 3 is 2.81 bits per heavy atom. The molecule has 0 atom stereocenters. The van der Waals surface area contributed by atoms with Crippen LogP contribution in [0.25, 0.3) is 0 Å². The number of aryl methyl sites for hydroxylation is 2. The number of benzene rings is 1. The largest absolute Gasteiger partial charge is 0.361 e. The predicted octanol–water partition coefficient (Wildman–Crippen LogP) is 3.39. The molecule has 108 valence electrons. The molecule has 1 N–H and O–H groups in total. The predicted molar refractivity (Wildman–Crippen MR) is 79.1 cm³/mol. The van der Waals surface area contributed by atoms with Gasteiger partial charge < -0.3 is 9.84 Å². The number of carbonyl (C=O) groups excluding carboxylic acids is 1. The van der Waals surface area contributed by atoms with E-state index in [1.807, 2.05) is 19.9 Å². The minimum atomic E-state index is -0.129. The van der Waals surface area contributed by atoms with Crippen LogP contribution >= 0.6 is 11.6 Å². The SMILES string of the molecule is Cc1noc(C)c1CCC(=O)Nc1ccc(C#N)c(Cl)c1. The number of nitrogens with one attached hydrogen (secondary N) is 1. The van der Waals surface area contributed by atoms with Crippen LogP contribution in [0.3, 0.4) is 0 Å². The van der Waals surface area contributed by atoms with E-state index in [0.29, 0.717) is 29.1 Å². The van der Waals surface area contributed by atoms with Crippen molar-refractivity contribution in [2.45, 2.75) is 26.7 Å². The van der Waals surface area contributed by atoms with Gasteiger partial charge in [0.05, 0.1) is 16.3 Å². The van der Waals surface area contributed by atoms with E-state index < -0.39 is 0 Å². The summed E-state index contributed by atoms with van der Waals surface area (Å²) in [4.78, 5) is 11.9. The average Bonchev–Trinajstić information content (AvgIpc) is 2.76. The van der Waals surface area contributed by atoms with Gasteiger partial charge in [-0.05, 0) is 38.5 Å². The smallest absolute Gasteiger partial charge is 0.224 e. The molecule has 0 spiro atoms. The van der Waals surface area contributed by atoms with Crippen molar-refractivity contribution in [1.29, 1.82) is 5.26 Å². The lowest BCUT2D eigenvalue weighted by Crippen LogP contribution is -2.12. The fraction of sp³-hybridized carbons (Fsp3) is 0.267. The van der Waals surface area contributed by atoms with Crippen LogP contribution in [-0.4, -0.2) is 11.1 Å². The van der Waals surface area contributed by atoms with Crippen molar-refractivity contribution in [1.82, 2.24) is 5.16 Å². The second kappa shape index (κ2) is 6.42. The van der Waals surface area contributed by atoms with Crippen LogP contribution in [0.2, 0.25) is 5.02 Å². The van der Waals surface area contributed by atoms with Crippen LogP contribution in [0.15, 0.2) is 22.7 Å². The molecule has 0 aliphatic carbocycles. The molecular weight excluding hydrogens is 290 g/mol. The highest BCUT2D eigenvalue weighted by Gasteiger charge is 2.11. The van der Waals surface area contributed by atoms with Crippen molar-refractivity contribution >= 4 is 23.2 Å². The molecule has 0 saturated carbocycles. The molecule has 0 unspecified atom stereocenters. The second-order valence-electron chi connectivity index (χ2n) is 4.66. The Bertz CT molecular complexity index is 697.